The number of rotatable bonds is 7. The van der Waals surface area contributed by atoms with Crippen molar-refractivity contribution < 1.29 is 4.74 Å². The molecule has 0 saturated carbocycles. The number of aromatic nitrogens is 3. The van der Waals surface area contributed by atoms with Gasteiger partial charge in [0.25, 0.3) is 0 Å². The van der Waals surface area contributed by atoms with Crippen LogP contribution in [0.3, 0.4) is 0 Å². The normalized spacial score (nSPS) is 11.6. The summed E-state index contributed by atoms with van der Waals surface area (Å²) < 4.78 is 7.38. The summed E-state index contributed by atoms with van der Waals surface area (Å²) in [5, 5.41) is 8.16. The van der Waals surface area contributed by atoms with Gasteiger partial charge in [0.2, 0.25) is 0 Å². The van der Waals surface area contributed by atoms with Gasteiger partial charge in [-0.05, 0) is 18.3 Å². The van der Waals surface area contributed by atoms with E-state index in [2.05, 4.69) is 38.0 Å². The summed E-state index contributed by atoms with van der Waals surface area (Å²) in [7, 11) is 0. The molecule has 4 heteroatoms. The molecule has 0 bridgehead atoms. The Bertz CT molecular complexity index is 294. The predicted molar refractivity (Wildman–Crippen MR) is 64.4 cm³/mol. The van der Waals surface area contributed by atoms with E-state index in [4.69, 9.17) is 4.74 Å². The van der Waals surface area contributed by atoms with Gasteiger partial charge in [0, 0.05) is 12.8 Å². The zero-order chi connectivity index (χ0) is 12.0. The van der Waals surface area contributed by atoms with Crippen LogP contribution in [0.25, 0.3) is 0 Å². The van der Waals surface area contributed by atoms with Crippen molar-refractivity contribution in [2.24, 2.45) is 5.92 Å². The first-order valence-corrected chi connectivity index (χ1v) is 6.07. The number of hydrogen-bond donors (Lipinski definition) is 0. The topological polar surface area (TPSA) is 39.9 Å². The quantitative estimate of drug-likeness (QED) is 0.669. The van der Waals surface area contributed by atoms with E-state index >= 15 is 0 Å². The second-order valence-electron chi connectivity index (χ2n) is 4.86. The summed E-state index contributed by atoms with van der Waals surface area (Å²) in [5.74, 6) is 1.15. The molecule has 0 fully saturated rings. The van der Waals surface area contributed by atoms with E-state index in [1.54, 1.807) is 0 Å². The highest BCUT2D eigenvalue weighted by atomic mass is 16.5. The van der Waals surface area contributed by atoms with E-state index in [0.717, 1.165) is 25.3 Å². The Hall–Kier alpha value is -0.900. The fourth-order valence-electron chi connectivity index (χ4n) is 1.27. The molecule has 1 aromatic heterocycles. The van der Waals surface area contributed by atoms with Crippen LogP contribution in [-0.2, 0) is 11.3 Å². The van der Waals surface area contributed by atoms with Crippen molar-refractivity contribution in [1.29, 1.82) is 0 Å². The molecule has 0 spiro atoms. The highest BCUT2D eigenvalue weighted by Crippen LogP contribution is 2.08. The Kier molecular flexibility index (Phi) is 5.46. The van der Waals surface area contributed by atoms with E-state index in [9.17, 15) is 0 Å². The maximum Gasteiger partial charge on any atom is 0.0852 e. The van der Waals surface area contributed by atoms with E-state index in [-0.39, 0.29) is 0 Å². The zero-order valence-corrected chi connectivity index (χ0v) is 10.8. The predicted octanol–water partition coefficient (Wildman–Crippen LogP) is 2.46. The van der Waals surface area contributed by atoms with E-state index < -0.39 is 0 Å². The Morgan fingerprint density at radius 1 is 1.25 bits per heavy atom. The summed E-state index contributed by atoms with van der Waals surface area (Å²) in [5.41, 5.74) is 1.04. The molecule has 16 heavy (non-hydrogen) atoms. The van der Waals surface area contributed by atoms with Crippen LogP contribution in [0.4, 0.5) is 0 Å². The maximum absolute atomic E-state index is 5.53. The lowest BCUT2D eigenvalue weighted by atomic mass is 10.1. The molecule has 0 aromatic carbocycles. The average Bonchev–Trinajstić information content (AvgIpc) is 2.65. The maximum atomic E-state index is 5.53. The first kappa shape index (κ1) is 13.2. The third-order valence-corrected chi connectivity index (χ3v) is 2.45. The molecule has 0 amide bonds. The second-order valence-corrected chi connectivity index (χ2v) is 4.86. The Balaban J connectivity index is 2.17. The molecule has 92 valence electrons. The van der Waals surface area contributed by atoms with E-state index in [1.807, 2.05) is 10.9 Å². The minimum atomic E-state index is 0.440. The monoisotopic (exact) mass is 225 g/mol. The van der Waals surface area contributed by atoms with E-state index in [1.165, 1.54) is 0 Å². The van der Waals surface area contributed by atoms with Gasteiger partial charge < -0.3 is 4.74 Å². The van der Waals surface area contributed by atoms with Crippen molar-refractivity contribution in [3.05, 3.63) is 11.9 Å². The van der Waals surface area contributed by atoms with Crippen LogP contribution >= 0.6 is 0 Å². The number of hydrogen-bond acceptors (Lipinski definition) is 3. The lowest BCUT2D eigenvalue weighted by Crippen LogP contribution is -2.08. The largest absolute Gasteiger partial charge is 0.380 e. The number of nitrogens with zero attached hydrogens (tertiary/aromatic N) is 3. The molecule has 0 aliphatic rings. The van der Waals surface area contributed by atoms with Crippen molar-refractivity contribution in [3.63, 3.8) is 0 Å². The van der Waals surface area contributed by atoms with Crippen LogP contribution in [0.15, 0.2) is 6.20 Å². The molecule has 0 aliphatic heterocycles. The minimum absolute atomic E-state index is 0.440. The van der Waals surface area contributed by atoms with Crippen LogP contribution in [0.2, 0.25) is 0 Å². The lowest BCUT2D eigenvalue weighted by Gasteiger charge is -2.05. The number of ether oxygens (including phenoxy) is 1. The zero-order valence-electron chi connectivity index (χ0n) is 10.8. The fourth-order valence-corrected chi connectivity index (χ4v) is 1.27. The van der Waals surface area contributed by atoms with Crippen LogP contribution in [-0.4, -0.2) is 28.2 Å². The smallest absolute Gasteiger partial charge is 0.0852 e. The van der Waals surface area contributed by atoms with E-state index in [0.29, 0.717) is 18.4 Å². The van der Waals surface area contributed by atoms with Crippen molar-refractivity contribution in [2.45, 2.75) is 46.6 Å². The molecule has 0 aliphatic carbocycles. The van der Waals surface area contributed by atoms with Crippen LogP contribution in [0.1, 0.15) is 45.7 Å². The SMILES string of the molecule is CC(C)CCOCCn1cc(C(C)C)nn1. The summed E-state index contributed by atoms with van der Waals surface area (Å²) >= 11 is 0. The van der Waals surface area contributed by atoms with Crippen LogP contribution < -0.4 is 0 Å². The molecule has 0 N–H and O–H groups in total. The first-order chi connectivity index (χ1) is 7.59. The molecule has 4 nitrogen and oxygen atoms in total. The molecule has 0 saturated heterocycles. The Labute approximate surface area is 98.0 Å². The van der Waals surface area contributed by atoms with Gasteiger partial charge in [-0.2, -0.15) is 0 Å². The molecule has 0 atom stereocenters. The third kappa shape index (κ3) is 4.75. The van der Waals surface area contributed by atoms with Crippen molar-refractivity contribution in [1.82, 2.24) is 15.0 Å². The van der Waals surface area contributed by atoms with Gasteiger partial charge in [-0.15, -0.1) is 5.10 Å². The second kappa shape index (κ2) is 6.63. The van der Waals surface area contributed by atoms with Crippen molar-refractivity contribution in [2.75, 3.05) is 13.2 Å². The van der Waals surface area contributed by atoms with Crippen molar-refractivity contribution >= 4 is 0 Å². The van der Waals surface area contributed by atoms with Crippen LogP contribution in [0.5, 0.6) is 0 Å². The van der Waals surface area contributed by atoms with Gasteiger partial charge >= 0.3 is 0 Å². The summed E-state index contributed by atoms with van der Waals surface area (Å²) in [6.07, 6.45) is 3.12. The lowest BCUT2D eigenvalue weighted by molar-refractivity contribution is 0.113. The van der Waals surface area contributed by atoms with Gasteiger partial charge in [-0.3, -0.25) is 0 Å². The Morgan fingerprint density at radius 2 is 2.00 bits per heavy atom. The Morgan fingerprint density at radius 3 is 2.56 bits per heavy atom. The first-order valence-electron chi connectivity index (χ1n) is 6.07. The van der Waals surface area contributed by atoms with Crippen molar-refractivity contribution in [3.8, 4) is 0 Å². The van der Waals surface area contributed by atoms with Gasteiger partial charge in [0.05, 0.1) is 18.8 Å². The molecule has 0 unspecified atom stereocenters. The summed E-state index contributed by atoms with van der Waals surface area (Å²) in [6, 6.07) is 0. The van der Waals surface area contributed by atoms with Gasteiger partial charge in [-0.1, -0.05) is 32.9 Å². The molecular weight excluding hydrogens is 202 g/mol. The fraction of sp³-hybridized carbons (Fsp3) is 0.833. The molecular formula is C12H23N3O. The summed E-state index contributed by atoms with van der Waals surface area (Å²) in [6.45, 7) is 11.0. The average molecular weight is 225 g/mol. The standard InChI is InChI=1S/C12H23N3O/c1-10(2)5-7-16-8-6-15-9-12(11(3)4)13-14-15/h9-11H,5-8H2,1-4H3. The molecule has 1 rings (SSSR count). The third-order valence-electron chi connectivity index (χ3n) is 2.45. The highest BCUT2D eigenvalue weighted by Gasteiger charge is 2.04. The molecule has 1 heterocycles. The van der Waals surface area contributed by atoms with Gasteiger partial charge in [0.15, 0.2) is 0 Å². The molecule has 1 aromatic rings. The van der Waals surface area contributed by atoms with Gasteiger partial charge in [0.1, 0.15) is 0 Å². The highest BCUT2D eigenvalue weighted by molar-refractivity contribution is 4.97. The molecule has 0 radical (unpaired) electrons. The van der Waals surface area contributed by atoms with Gasteiger partial charge in [-0.25, -0.2) is 4.68 Å². The minimum Gasteiger partial charge on any atom is -0.380 e. The van der Waals surface area contributed by atoms with Crippen LogP contribution in [0, 0.1) is 5.92 Å². The summed E-state index contributed by atoms with van der Waals surface area (Å²) in [4.78, 5) is 0.